The van der Waals surface area contributed by atoms with Crippen LogP contribution in [-0.2, 0) is 12.8 Å². The van der Waals surface area contributed by atoms with E-state index in [1.807, 2.05) is 24.3 Å². The number of aromatic nitrogens is 2. The van der Waals surface area contributed by atoms with Crippen LogP contribution in [0.1, 0.15) is 37.9 Å². The van der Waals surface area contributed by atoms with Crippen molar-refractivity contribution in [1.82, 2.24) is 9.55 Å². The molecular weight excluding hydrogens is 262 g/mol. The molecule has 0 aliphatic rings. The van der Waals surface area contributed by atoms with Crippen molar-refractivity contribution in [2.45, 2.75) is 39.2 Å². The molecule has 110 valence electrons. The van der Waals surface area contributed by atoms with Crippen LogP contribution in [0.5, 0.6) is 0 Å². The first-order valence-electron chi connectivity index (χ1n) is 7.47. The number of fused-ring (bicyclic) bond motifs is 1. The van der Waals surface area contributed by atoms with Gasteiger partial charge in [-0.25, -0.2) is 4.98 Å². The van der Waals surface area contributed by atoms with Gasteiger partial charge < -0.3 is 14.7 Å². The molecule has 2 heterocycles. The number of imidazole rings is 1. The Bertz CT molecular complexity index is 728. The van der Waals surface area contributed by atoms with Crippen LogP contribution >= 0.6 is 0 Å². The Morgan fingerprint density at radius 2 is 2.19 bits per heavy atom. The van der Waals surface area contributed by atoms with Crippen molar-refractivity contribution >= 4 is 16.7 Å². The molecule has 0 aliphatic heterocycles. The minimum atomic E-state index is 0.374. The van der Waals surface area contributed by atoms with Crippen LogP contribution in [0.25, 0.3) is 11.0 Å². The lowest BCUT2D eigenvalue weighted by molar-refractivity contribution is 0.451. The van der Waals surface area contributed by atoms with E-state index in [1.54, 1.807) is 6.26 Å². The van der Waals surface area contributed by atoms with Gasteiger partial charge in [-0.05, 0) is 43.7 Å². The highest BCUT2D eigenvalue weighted by atomic mass is 16.3. The summed E-state index contributed by atoms with van der Waals surface area (Å²) in [6, 6.07) is 10.3. The van der Waals surface area contributed by atoms with Gasteiger partial charge in [0.25, 0.3) is 0 Å². The lowest BCUT2D eigenvalue weighted by atomic mass is 10.1. The van der Waals surface area contributed by atoms with Crippen LogP contribution in [0.4, 0.5) is 5.69 Å². The number of benzene rings is 1. The molecule has 1 atom stereocenters. The molecule has 4 heteroatoms. The summed E-state index contributed by atoms with van der Waals surface area (Å²) in [4.78, 5) is 4.72. The second-order valence-electron chi connectivity index (χ2n) is 5.47. The summed E-state index contributed by atoms with van der Waals surface area (Å²) in [5, 5.41) is 0. The maximum Gasteiger partial charge on any atom is 0.109 e. The molecule has 0 saturated heterocycles. The Morgan fingerprint density at radius 1 is 1.33 bits per heavy atom. The molecular formula is C17H21N3O. The summed E-state index contributed by atoms with van der Waals surface area (Å²) in [6.45, 7) is 4.37. The zero-order valence-electron chi connectivity index (χ0n) is 12.5. The van der Waals surface area contributed by atoms with Gasteiger partial charge in [-0.15, -0.1) is 0 Å². The van der Waals surface area contributed by atoms with E-state index in [9.17, 15) is 0 Å². The van der Waals surface area contributed by atoms with Gasteiger partial charge in [0, 0.05) is 24.6 Å². The van der Waals surface area contributed by atoms with Gasteiger partial charge in [-0.1, -0.05) is 6.92 Å². The van der Waals surface area contributed by atoms with Gasteiger partial charge in [-0.3, -0.25) is 0 Å². The molecule has 0 radical (unpaired) electrons. The van der Waals surface area contributed by atoms with Crippen LogP contribution in [0, 0.1) is 0 Å². The highest BCUT2D eigenvalue weighted by Crippen LogP contribution is 2.26. The standard InChI is InChI=1S/C17H21N3O/c1-3-17-19-15-11-13(18)7-9-16(15)20(17)12(2)6-8-14-5-4-10-21-14/h4-5,7,9-12H,3,6,8,18H2,1-2H3. The zero-order valence-corrected chi connectivity index (χ0v) is 12.5. The minimum absolute atomic E-state index is 0.374. The van der Waals surface area contributed by atoms with E-state index in [1.165, 1.54) is 0 Å². The number of hydrogen-bond acceptors (Lipinski definition) is 3. The number of furan rings is 1. The number of rotatable bonds is 5. The molecule has 2 aromatic heterocycles. The highest BCUT2D eigenvalue weighted by Gasteiger charge is 2.15. The average molecular weight is 283 g/mol. The van der Waals surface area contributed by atoms with Crippen molar-refractivity contribution in [3.05, 3.63) is 48.2 Å². The third-order valence-corrected chi connectivity index (χ3v) is 3.93. The molecule has 4 nitrogen and oxygen atoms in total. The van der Waals surface area contributed by atoms with E-state index >= 15 is 0 Å². The van der Waals surface area contributed by atoms with Crippen molar-refractivity contribution in [2.75, 3.05) is 5.73 Å². The van der Waals surface area contributed by atoms with E-state index < -0.39 is 0 Å². The minimum Gasteiger partial charge on any atom is -0.469 e. The van der Waals surface area contributed by atoms with E-state index in [2.05, 4.69) is 24.5 Å². The number of nitrogens with zero attached hydrogens (tertiary/aromatic N) is 2. The predicted molar refractivity (Wildman–Crippen MR) is 85.3 cm³/mol. The Balaban J connectivity index is 1.90. The summed E-state index contributed by atoms with van der Waals surface area (Å²) in [7, 11) is 0. The summed E-state index contributed by atoms with van der Waals surface area (Å²) in [5.41, 5.74) is 8.77. The molecule has 3 aromatic rings. The van der Waals surface area contributed by atoms with Gasteiger partial charge in [0.15, 0.2) is 0 Å². The van der Waals surface area contributed by atoms with E-state index in [-0.39, 0.29) is 0 Å². The first-order valence-corrected chi connectivity index (χ1v) is 7.47. The maximum absolute atomic E-state index is 5.86. The number of anilines is 1. The topological polar surface area (TPSA) is 57.0 Å². The quantitative estimate of drug-likeness (QED) is 0.721. The van der Waals surface area contributed by atoms with Crippen LogP contribution in [0.3, 0.4) is 0 Å². The number of nitrogens with two attached hydrogens (primary N) is 1. The summed E-state index contributed by atoms with van der Waals surface area (Å²) < 4.78 is 7.75. The second-order valence-corrected chi connectivity index (χ2v) is 5.47. The number of aryl methyl sites for hydroxylation is 2. The van der Waals surface area contributed by atoms with Gasteiger partial charge in [0.05, 0.1) is 17.3 Å². The van der Waals surface area contributed by atoms with Gasteiger partial charge in [-0.2, -0.15) is 0 Å². The molecule has 0 spiro atoms. The second kappa shape index (κ2) is 5.64. The fourth-order valence-corrected chi connectivity index (χ4v) is 2.84. The molecule has 0 amide bonds. The third kappa shape index (κ3) is 2.66. The SMILES string of the molecule is CCc1nc2cc(N)ccc2n1C(C)CCc1ccco1. The van der Waals surface area contributed by atoms with Crippen LogP contribution in [-0.4, -0.2) is 9.55 Å². The number of hydrogen-bond donors (Lipinski definition) is 1. The van der Waals surface area contributed by atoms with Crippen LogP contribution in [0.15, 0.2) is 41.0 Å². The molecule has 1 unspecified atom stereocenters. The molecule has 21 heavy (non-hydrogen) atoms. The smallest absolute Gasteiger partial charge is 0.109 e. The van der Waals surface area contributed by atoms with Gasteiger partial charge in [0.1, 0.15) is 11.6 Å². The molecule has 0 bridgehead atoms. The first kappa shape index (κ1) is 13.7. The first-order chi connectivity index (χ1) is 10.2. The Morgan fingerprint density at radius 3 is 2.90 bits per heavy atom. The Labute approximate surface area is 124 Å². The van der Waals surface area contributed by atoms with Crippen molar-refractivity contribution in [1.29, 1.82) is 0 Å². The van der Waals surface area contributed by atoms with Crippen LogP contribution < -0.4 is 5.73 Å². The molecule has 3 rings (SSSR count). The Kier molecular flexibility index (Phi) is 3.69. The monoisotopic (exact) mass is 283 g/mol. The summed E-state index contributed by atoms with van der Waals surface area (Å²) in [6.07, 6.45) is 4.61. The highest BCUT2D eigenvalue weighted by molar-refractivity contribution is 5.79. The number of nitrogen functional groups attached to an aromatic ring is 1. The fraction of sp³-hybridized carbons (Fsp3) is 0.353. The molecule has 0 fully saturated rings. The third-order valence-electron chi connectivity index (χ3n) is 3.93. The van der Waals surface area contributed by atoms with E-state index in [4.69, 9.17) is 15.1 Å². The Hall–Kier alpha value is -2.23. The summed E-state index contributed by atoms with van der Waals surface area (Å²) in [5.74, 6) is 2.15. The fourth-order valence-electron chi connectivity index (χ4n) is 2.84. The molecule has 2 N–H and O–H groups in total. The zero-order chi connectivity index (χ0) is 14.8. The lowest BCUT2D eigenvalue weighted by Crippen LogP contribution is -2.10. The summed E-state index contributed by atoms with van der Waals surface area (Å²) >= 11 is 0. The van der Waals surface area contributed by atoms with Gasteiger partial charge >= 0.3 is 0 Å². The molecule has 0 saturated carbocycles. The maximum atomic E-state index is 5.86. The van der Waals surface area contributed by atoms with Crippen molar-refractivity contribution in [2.24, 2.45) is 0 Å². The van der Waals surface area contributed by atoms with Crippen molar-refractivity contribution in [3.63, 3.8) is 0 Å². The van der Waals surface area contributed by atoms with E-state index in [0.29, 0.717) is 6.04 Å². The largest absolute Gasteiger partial charge is 0.469 e. The van der Waals surface area contributed by atoms with Crippen molar-refractivity contribution < 1.29 is 4.42 Å². The molecule has 0 aliphatic carbocycles. The van der Waals surface area contributed by atoms with Gasteiger partial charge in [0.2, 0.25) is 0 Å². The van der Waals surface area contributed by atoms with Crippen LogP contribution in [0.2, 0.25) is 0 Å². The average Bonchev–Trinajstić information content (AvgIpc) is 3.11. The van der Waals surface area contributed by atoms with Crippen molar-refractivity contribution in [3.8, 4) is 0 Å². The molecule has 1 aromatic carbocycles. The predicted octanol–water partition coefficient (Wildman–Crippen LogP) is 3.97. The normalized spacial score (nSPS) is 12.9. The van der Waals surface area contributed by atoms with E-state index in [0.717, 1.165) is 47.6 Å². The lowest BCUT2D eigenvalue weighted by Gasteiger charge is -2.16.